The van der Waals surface area contributed by atoms with Crippen molar-refractivity contribution in [1.29, 1.82) is 0 Å². The molecule has 1 aromatic carbocycles. The maximum atomic E-state index is 12.9. The summed E-state index contributed by atoms with van der Waals surface area (Å²) in [5, 5.41) is 10.1. The lowest BCUT2D eigenvalue weighted by molar-refractivity contribution is -0.140. The standard InChI is InChI=1S/C18H19F3N2O6/c19-18(20,21)12-7-23(17(26)22-16(12)25)15-6-13(24)14(29-15)9-28-10-27-8-11-4-2-1-3-5-11/h1-5,7,13-15,24H,6,8-10H2,(H,22,25,26)/t13-,14+,15+/m0/s1. The van der Waals surface area contributed by atoms with E-state index in [-0.39, 0.29) is 19.8 Å². The Bertz CT molecular complexity index is 928. The van der Waals surface area contributed by atoms with Gasteiger partial charge < -0.3 is 19.3 Å². The second-order valence-electron chi connectivity index (χ2n) is 6.46. The zero-order chi connectivity index (χ0) is 21.0. The van der Waals surface area contributed by atoms with Gasteiger partial charge in [0.05, 0.1) is 19.3 Å². The Morgan fingerprint density at radius 3 is 2.62 bits per heavy atom. The van der Waals surface area contributed by atoms with E-state index in [2.05, 4.69) is 0 Å². The third kappa shape index (κ3) is 5.32. The van der Waals surface area contributed by atoms with Gasteiger partial charge in [0.25, 0.3) is 5.56 Å². The van der Waals surface area contributed by atoms with Gasteiger partial charge in [-0.1, -0.05) is 30.3 Å². The summed E-state index contributed by atoms with van der Waals surface area (Å²) in [5.41, 5.74) is -3.17. The smallest absolute Gasteiger partial charge is 0.390 e. The lowest BCUT2D eigenvalue weighted by atomic mass is 10.2. The Morgan fingerprint density at radius 2 is 1.93 bits per heavy atom. The van der Waals surface area contributed by atoms with Crippen molar-refractivity contribution in [3.63, 3.8) is 0 Å². The normalized spacial score (nSPS) is 22.1. The lowest BCUT2D eigenvalue weighted by Crippen LogP contribution is -2.36. The summed E-state index contributed by atoms with van der Waals surface area (Å²) in [6.07, 6.45) is -7.78. The van der Waals surface area contributed by atoms with E-state index in [0.29, 0.717) is 17.4 Å². The fourth-order valence-electron chi connectivity index (χ4n) is 2.89. The number of hydrogen-bond donors (Lipinski definition) is 2. The Kier molecular flexibility index (Phi) is 6.52. The van der Waals surface area contributed by atoms with E-state index in [1.807, 2.05) is 30.3 Å². The fraction of sp³-hybridized carbons (Fsp3) is 0.444. The SMILES string of the molecule is O=c1[nH]c(=O)n([C@H]2C[C@H](O)[C@@H](COCOCc3ccccc3)O2)cc1C(F)(F)F. The van der Waals surface area contributed by atoms with Gasteiger partial charge in [-0.2, -0.15) is 13.2 Å². The van der Waals surface area contributed by atoms with Gasteiger partial charge >= 0.3 is 11.9 Å². The van der Waals surface area contributed by atoms with E-state index in [0.717, 1.165) is 5.56 Å². The van der Waals surface area contributed by atoms with Crippen LogP contribution in [0.4, 0.5) is 13.2 Å². The van der Waals surface area contributed by atoms with Crippen LogP contribution in [0.3, 0.4) is 0 Å². The van der Waals surface area contributed by atoms with Crippen molar-refractivity contribution < 1.29 is 32.5 Å². The van der Waals surface area contributed by atoms with Crippen molar-refractivity contribution in [3.05, 3.63) is 68.5 Å². The number of ether oxygens (including phenoxy) is 3. The van der Waals surface area contributed by atoms with Gasteiger partial charge in [0.2, 0.25) is 0 Å². The van der Waals surface area contributed by atoms with E-state index in [1.54, 1.807) is 4.98 Å². The molecule has 0 unspecified atom stereocenters. The van der Waals surface area contributed by atoms with E-state index >= 15 is 0 Å². The molecule has 11 heteroatoms. The quantitative estimate of drug-likeness (QED) is 0.523. The molecule has 2 N–H and O–H groups in total. The minimum absolute atomic E-state index is 0.0804. The van der Waals surface area contributed by atoms with E-state index in [9.17, 15) is 27.9 Å². The highest BCUT2D eigenvalue weighted by atomic mass is 19.4. The number of nitrogens with zero attached hydrogens (tertiary/aromatic N) is 1. The fourth-order valence-corrected chi connectivity index (χ4v) is 2.89. The lowest BCUT2D eigenvalue weighted by Gasteiger charge is -2.17. The highest BCUT2D eigenvalue weighted by molar-refractivity contribution is 5.13. The number of aromatic nitrogens is 2. The first-order valence-electron chi connectivity index (χ1n) is 8.71. The van der Waals surface area contributed by atoms with Gasteiger partial charge in [0.15, 0.2) is 0 Å². The molecule has 1 aliphatic heterocycles. The molecule has 3 rings (SSSR count). The summed E-state index contributed by atoms with van der Waals surface area (Å²) in [7, 11) is 0. The zero-order valence-corrected chi connectivity index (χ0v) is 15.1. The van der Waals surface area contributed by atoms with Gasteiger partial charge in [-0.15, -0.1) is 0 Å². The minimum atomic E-state index is -4.93. The predicted octanol–water partition coefficient (Wildman–Crippen LogP) is 1.39. The van der Waals surface area contributed by atoms with Gasteiger partial charge in [0, 0.05) is 12.6 Å². The largest absolute Gasteiger partial charge is 0.423 e. The van der Waals surface area contributed by atoms with Gasteiger partial charge in [-0.05, 0) is 5.56 Å². The summed E-state index contributed by atoms with van der Waals surface area (Å²) >= 11 is 0. The van der Waals surface area contributed by atoms with Gasteiger partial charge in [0.1, 0.15) is 24.7 Å². The molecule has 1 aliphatic rings. The molecule has 2 aromatic rings. The minimum Gasteiger partial charge on any atom is -0.390 e. The molecule has 0 aliphatic carbocycles. The highest BCUT2D eigenvalue weighted by Crippen LogP contribution is 2.30. The molecule has 0 amide bonds. The number of halogens is 3. The van der Waals surface area contributed by atoms with Crippen LogP contribution in [0.2, 0.25) is 0 Å². The van der Waals surface area contributed by atoms with Crippen LogP contribution in [-0.4, -0.2) is 40.3 Å². The average molecular weight is 416 g/mol. The number of aromatic amines is 1. The molecular formula is C18H19F3N2O6. The molecule has 0 spiro atoms. The van der Waals surface area contributed by atoms with Crippen molar-refractivity contribution in [1.82, 2.24) is 9.55 Å². The molecule has 1 aromatic heterocycles. The maximum absolute atomic E-state index is 12.9. The van der Waals surface area contributed by atoms with Crippen LogP contribution in [-0.2, 0) is 27.0 Å². The third-order valence-corrected chi connectivity index (χ3v) is 4.35. The third-order valence-electron chi connectivity index (χ3n) is 4.35. The van der Waals surface area contributed by atoms with Crippen LogP contribution < -0.4 is 11.2 Å². The number of nitrogens with one attached hydrogen (secondary N) is 1. The van der Waals surface area contributed by atoms with Gasteiger partial charge in [-0.3, -0.25) is 14.3 Å². The maximum Gasteiger partial charge on any atom is 0.423 e. The van der Waals surface area contributed by atoms with Crippen LogP contribution in [0.25, 0.3) is 0 Å². The first-order valence-corrected chi connectivity index (χ1v) is 8.71. The zero-order valence-electron chi connectivity index (χ0n) is 15.1. The number of alkyl halides is 3. The van der Waals surface area contributed by atoms with Gasteiger partial charge in [-0.25, -0.2) is 4.79 Å². The van der Waals surface area contributed by atoms with Crippen LogP contribution in [0, 0.1) is 0 Å². The second-order valence-corrected chi connectivity index (χ2v) is 6.46. The van der Waals surface area contributed by atoms with Crippen LogP contribution in [0.5, 0.6) is 0 Å². The molecule has 1 saturated heterocycles. The number of H-pyrrole nitrogens is 1. The summed E-state index contributed by atoms with van der Waals surface area (Å²) in [6, 6.07) is 9.37. The summed E-state index contributed by atoms with van der Waals surface area (Å²) < 4.78 is 55.4. The summed E-state index contributed by atoms with van der Waals surface area (Å²) in [4.78, 5) is 24.9. The molecule has 0 bridgehead atoms. The molecule has 1 fully saturated rings. The van der Waals surface area contributed by atoms with Crippen molar-refractivity contribution in [2.45, 2.75) is 37.6 Å². The highest BCUT2D eigenvalue weighted by Gasteiger charge is 2.39. The Morgan fingerprint density at radius 1 is 1.21 bits per heavy atom. The first-order chi connectivity index (χ1) is 13.8. The number of hydrogen-bond acceptors (Lipinski definition) is 6. The van der Waals surface area contributed by atoms with E-state index in [1.165, 1.54) is 0 Å². The Balaban J connectivity index is 1.55. The molecule has 29 heavy (non-hydrogen) atoms. The number of aliphatic hydroxyl groups excluding tert-OH is 1. The molecule has 158 valence electrons. The topological polar surface area (TPSA) is 103 Å². The number of benzene rings is 1. The molecular weight excluding hydrogens is 397 g/mol. The second kappa shape index (κ2) is 8.91. The Labute approximate surface area is 162 Å². The van der Waals surface area contributed by atoms with Crippen LogP contribution >= 0.6 is 0 Å². The van der Waals surface area contributed by atoms with E-state index in [4.69, 9.17) is 14.2 Å². The molecule has 0 saturated carbocycles. The van der Waals surface area contributed by atoms with Crippen LogP contribution in [0.15, 0.2) is 46.1 Å². The van der Waals surface area contributed by atoms with Crippen molar-refractivity contribution in [2.75, 3.05) is 13.4 Å². The first kappa shape index (κ1) is 21.2. The molecule has 3 atom stereocenters. The van der Waals surface area contributed by atoms with E-state index < -0.39 is 41.4 Å². The number of rotatable bonds is 7. The van der Waals surface area contributed by atoms with Crippen molar-refractivity contribution >= 4 is 0 Å². The average Bonchev–Trinajstić information content (AvgIpc) is 3.01. The predicted molar refractivity (Wildman–Crippen MR) is 92.9 cm³/mol. The van der Waals surface area contributed by atoms with Crippen LogP contribution in [0.1, 0.15) is 23.8 Å². The monoisotopic (exact) mass is 416 g/mol. The number of aliphatic hydroxyl groups is 1. The molecule has 2 heterocycles. The van der Waals surface area contributed by atoms with Crippen molar-refractivity contribution in [2.24, 2.45) is 0 Å². The summed E-state index contributed by atoms with van der Waals surface area (Å²) in [6.45, 7) is 0.157. The Hall–Kier alpha value is -2.47. The molecule has 0 radical (unpaired) electrons. The van der Waals surface area contributed by atoms with Crippen molar-refractivity contribution in [3.8, 4) is 0 Å². The molecule has 8 nitrogen and oxygen atoms in total. The summed E-state index contributed by atoms with van der Waals surface area (Å²) in [5.74, 6) is 0.